The van der Waals surface area contributed by atoms with Crippen molar-refractivity contribution >= 4 is 6.29 Å². The Bertz CT molecular complexity index is 130. The van der Waals surface area contributed by atoms with E-state index in [4.69, 9.17) is 5.26 Å². The molecular weight excluding hydrogens is 102 g/mol. The monoisotopic (exact) mass is 109 g/mol. The van der Waals surface area contributed by atoms with Crippen molar-refractivity contribution in [2.24, 2.45) is 11.8 Å². The lowest BCUT2D eigenvalue weighted by Crippen LogP contribution is -2.22. The molecule has 0 amide bonds. The van der Waals surface area contributed by atoms with Crippen LogP contribution in [0.2, 0.25) is 0 Å². The smallest absolute Gasteiger partial charge is 0.123 e. The Morgan fingerprint density at radius 2 is 2.25 bits per heavy atom. The molecule has 2 nitrogen and oxygen atoms in total. The van der Waals surface area contributed by atoms with E-state index in [1.807, 2.05) is 0 Å². The van der Waals surface area contributed by atoms with Gasteiger partial charge in [-0.2, -0.15) is 5.26 Å². The summed E-state index contributed by atoms with van der Waals surface area (Å²) in [5, 5.41) is 8.23. The van der Waals surface area contributed by atoms with Gasteiger partial charge in [0, 0.05) is 11.8 Å². The molecule has 0 aromatic carbocycles. The standard InChI is InChI=1S/C6H7NO/c7-3-5-1-6(2-5)4-8/h4-6H,1-2H2. The van der Waals surface area contributed by atoms with E-state index >= 15 is 0 Å². The molecule has 42 valence electrons. The van der Waals surface area contributed by atoms with Gasteiger partial charge >= 0.3 is 0 Å². The van der Waals surface area contributed by atoms with Gasteiger partial charge in [-0.25, -0.2) is 0 Å². The fourth-order valence-corrected chi connectivity index (χ4v) is 0.878. The van der Waals surface area contributed by atoms with Gasteiger partial charge in [0.1, 0.15) is 6.29 Å². The molecule has 0 unspecified atom stereocenters. The highest BCUT2D eigenvalue weighted by Gasteiger charge is 2.27. The molecule has 1 aliphatic carbocycles. The van der Waals surface area contributed by atoms with E-state index < -0.39 is 0 Å². The van der Waals surface area contributed by atoms with Crippen LogP contribution in [0.25, 0.3) is 0 Å². The van der Waals surface area contributed by atoms with Crippen molar-refractivity contribution in [2.75, 3.05) is 0 Å². The van der Waals surface area contributed by atoms with Gasteiger partial charge in [-0.15, -0.1) is 0 Å². The summed E-state index contributed by atoms with van der Waals surface area (Å²) < 4.78 is 0. The highest BCUT2D eigenvalue weighted by atomic mass is 16.1. The maximum absolute atomic E-state index is 9.94. The molecule has 0 heterocycles. The molecule has 0 aliphatic heterocycles. The maximum Gasteiger partial charge on any atom is 0.123 e. The van der Waals surface area contributed by atoms with Crippen LogP contribution < -0.4 is 0 Å². The first-order valence-corrected chi connectivity index (χ1v) is 2.71. The predicted molar refractivity (Wildman–Crippen MR) is 27.9 cm³/mol. The molecule has 0 atom stereocenters. The van der Waals surface area contributed by atoms with Crippen molar-refractivity contribution in [3.05, 3.63) is 0 Å². The molecule has 2 heteroatoms. The zero-order chi connectivity index (χ0) is 5.98. The van der Waals surface area contributed by atoms with Crippen LogP contribution in [0.15, 0.2) is 0 Å². The molecule has 0 spiro atoms. The van der Waals surface area contributed by atoms with Crippen LogP contribution in [0.5, 0.6) is 0 Å². The van der Waals surface area contributed by atoms with Crippen LogP contribution in [-0.2, 0) is 4.79 Å². The predicted octanol–water partition coefficient (Wildman–Crippen LogP) is 0.735. The quantitative estimate of drug-likeness (QED) is 0.466. The van der Waals surface area contributed by atoms with Gasteiger partial charge in [-0.05, 0) is 12.8 Å². The number of carbonyl (C=O) groups is 1. The fourth-order valence-electron chi connectivity index (χ4n) is 0.878. The average Bonchev–Trinajstić information content (AvgIpc) is 1.65. The minimum absolute atomic E-state index is 0.171. The van der Waals surface area contributed by atoms with Crippen molar-refractivity contribution in [1.29, 1.82) is 5.26 Å². The van der Waals surface area contributed by atoms with Crippen LogP contribution in [0, 0.1) is 23.2 Å². The Labute approximate surface area is 48.1 Å². The number of nitriles is 1. The van der Waals surface area contributed by atoms with Crippen LogP contribution in [0.3, 0.4) is 0 Å². The molecule has 0 radical (unpaired) electrons. The molecule has 0 aromatic rings. The van der Waals surface area contributed by atoms with E-state index in [2.05, 4.69) is 6.07 Å². The summed E-state index contributed by atoms with van der Waals surface area (Å²) in [7, 11) is 0. The topological polar surface area (TPSA) is 40.9 Å². The Balaban J connectivity index is 2.23. The van der Waals surface area contributed by atoms with Crippen LogP contribution in [-0.4, -0.2) is 6.29 Å². The van der Waals surface area contributed by atoms with Gasteiger partial charge in [0.2, 0.25) is 0 Å². The summed E-state index contributed by atoms with van der Waals surface area (Å²) in [6.45, 7) is 0. The largest absolute Gasteiger partial charge is 0.303 e. The first-order chi connectivity index (χ1) is 3.86. The molecule has 0 aromatic heterocycles. The SMILES string of the molecule is N#CC1CC(C=O)C1. The number of hydrogen-bond donors (Lipinski definition) is 0. The minimum atomic E-state index is 0.171. The van der Waals surface area contributed by atoms with Crippen LogP contribution in [0.4, 0.5) is 0 Å². The van der Waals surface area contributed by atoms with Crippen LogP contribution in [0.1, 0.15) is 12.8 Å². The van der Waals surface area contributed by atoms with Crippen LogP contribution >= 0.6 is 0 Å². The Morgan fingerprint density at radius 1 is 1.62 bits per heavy atom. The lowest BCUT2D eigenvalue weighted by Gasteiger charge is -2.24. The van der Waals surface area contributed by atoms with Crippen molar-refractivity contribution in [3.63, 3.8) is 0 Å². The normalized spacial score (nSPS) is 34.9. The fraction of sp³-hybridized carbons (Fsp3) is 0.667. The number of rotatable bonds is 1. The van der Waals surface area contributed by atoms with Gasteiger partial charge in [-0.1, -0.05) is 0 Å². The van der Waals surface area contributed by atoms with Gasteiger partial charge < -0.3 is 4.79 Å². The third-order valence-electron chi connectivity index (χ3n) is 1.55. The summed E-state index contributed by atoms with van der Waals surface area (Å²) >= 11 is 0. The lowest BCUT2D eigenvalue weighted by molar-refractivity contribution is -0.113. The van der Waals surface area contributed by atoms with E-state index in [0.717, 1.165) is 19.1 Å². The second kappa shape index (κ2) is 1.95. The highest BCUT2D eigenvalue weighted by Crippen LogP contribution is 2.30. The van der Waals surface area contributed by atoms with E-state index in [1.54, 1.807) is 0 Å². The lowest BCUT2D eigenvalue weighted by atomic mass is 9.77. The van der Waals surface area contributed by atoms with E-state index in [1.165, 1.54) is 0 Å². The van der Waals surface area contributed by atoms with Gasteiger partial charge in [0.25, 0.3) is 0 Å². The molecule has 0 saturated heterocycles. The van der Waals surface area contributed by atoms with Crippen molar-refractivity contribution in [3.8, 4) is 6.07 Å². The molecule has 1 fully saturated rings. The maximum atomic E-state index is 9.94. The van der Waals surface area contributed by atoms with E-state index in [9.17, 15) is 4.79 Å². The molecule has 0 bridgehead atoms. The summed E-state index contributed by atoms with van der Waals surface area (Å²) in [5.74, 6) is 0.366. The summed E-state index contributed by atoms with van der Waals surface area (Å²) in [4.78, 5) is 9.94. The summed E-state index contributed by atoms with van der Waals surface area (Å²) in [6, 6.07) is 2.11. The third kappa shape index (κ3) is 0.717. The zero-order valence-electron chi connectivity index (χ0n) is 4.50. The second-order valence-electron chi connectivity index (χ2n) is 2.19. The van der Waals surface area contributed by atoms with E-state index in [0.29, 0.717) is 0 Å². The number of nitrogens with zero attached hydrogens (tertiary/aromatic N) is 1. The third-order valence-corrected chi connectivity index (χ3v) is 1.55. The number of hydrogen-bond acceptors (Lipinski definition) is 2. The molecule has 1 saturated carbocycles. The minimum Gasteiger partial charge on any atom is -0.303 e. The zero-order valence-corrected chi connectivity index (χ0v) is 4.50. The number of aldehydes is 1. The Kier molecular flexibility index (Phi) is 1.29. The van der Waals surface area contributed by atoms with Crippen molar-refractivity contribution in [2.45, 2.75) is 12.8 Å². The Morgan fingerprint density at radius 3 is 2.62 bits per heavy atom. The summed E-state index contributed by atoms with van der Waals surface area (Å²) in [6.07, 6.45) is 2.52. The van der Waals surface area contributed by atoms with Gasteiger partial charge in [0.05, 0.1) is 6.07 Å². The first kappa shape index (κ1) is 5.30. The molecular formula is C6H7NO. The summed E-state index contributed by atoms with van der Waals surface area (Å²) in [5.41, 5.74) is 0. The highest BCUT2D eigenvalue weighted by molar-refractivity contribution is 5.55. The van der Waals surface area contributed by atoms with Crippen molar-refractivity contribution in [1.82, 2.24) is 0 Å². The molecule has 1 aliphatic rings. The van der Waals surface area contributed by atoms with E-state index in [-0.39, 0.29) is 11.8 Å². The molecule has 0 N–H and O–H groups in total. The second-order valence-corrected chi connectivity index (χ2v) is 2.19. The first-order valence-electron chi connectivity index (χ1n) is 2.71. The Hall–Kier alpha value is -0.840. The number of carbonyl (C=O) groups excluding carboxylic acids is 1. The van der Waals surface area contributed by atoms with Gasteiger partial charge in [0.15, 0.2) is 0 Å². The van der Waals surface area contributed by atoms with Gasteiger partial charge in [-0.3, -0.25) is 0 Å². The molecule has 8 heavy (non-hydrogen) atoms. The average molecular weight is 109 g/mol. The van der Waals surface area contributed by atoms with Crippen molar-refractivity contribution < 1.29 is 4.79 Å². The molecule has 1 rings (SSSR count).